The number of nitrogens with two attached hydrogens (primary N) is 1. The molecule has 8 heteroatoms. The van der Waals surface area contributed by atoms with Crippen LogP contribution >= 0.6 is 0 Å². The number of pyridine rings is 1. The summed E-state index contributed by atoms with van der Waals surface area (Å²) in [7, 11) is 1.29. The summed E-state index contributed by atoms with van der Waals surface area (Å²) < 4.78 is 25.7. The molecule has 2 heterocycles. The summed E-state index contributed by atoms with van der Waals surface area (Å²) in [5.74, 6) is -0.293. The molecule has 0 radical (unpaired) electrons. The van der Waals surface area contributed by atoms with Crippen LogP contribution in [0.3, 0.4) is 0 Å². The van der Waals surface area contributed by atoms with Crippen molar-refractivity contribution in [1.29, 1.82) is 0 Å². The Labute approximate surface area is 166 Å². The maximum absolute atomic E-state index is 15.4. The molecule has 148 valence electrons. The van der Waals surface area contributed by atoms with E-state index in [0.29, 0.717) is 22.6 Å². The number of nitrogens with zero attached hydrogens (tertiary/aromatic N) is 3. The van der Waals surface area contributed by atoms with Gasteiger partial charge in [-0.2, -0.15) is 0 Å². The van der Waals surface area contributed by atoms with Crippen LogP contribution in [0.25, 0.3) is 11.3 Å². The highest BCUT2D eigenvalue weighted by molar-refractivity contribution is 5.88. The number of carbonyl (C=O) groups is 1. The van der Waals surface area contributed by atoms with Crippen LogP contribution in [0.5, 0.6) is 11.6 Å². The van der Waals surface area contributed by atoms with Crippen LogP contribution in [0, 0.1) is 5.82 Å². The van der Waals surface area contributed by atoms with Crippen molar-refractivity contribution in [2.24, 2.45) is 0 Å². The Morgan fingerprint density at radius 2 is 1.93 bits per heavy atom. The minimum Gasteiger partial charge on any atom is -0.465 e. The Bertz CT molecular complexity index is 1040. The van der Waals surface area contributed by atoms with E-state index < -0.39 is 11.8 Å². The Morgan fingerprint density at radius 1 is 1.10 bits per heavy atom. The third kappa shape index (κ3) is 3.73. The molecule has 0 aliphatic heterocycles. The number of aromatic nitrogens is 3. The molecular weight excluding hydrogens is 375 g/mol. The van der Waals surface area contributed by atoms with E-state index in [1.807, 2.05) is 0 Å². The second-order valence-corrected chi connectivity index (χ2v) is 6.77. The number of carbonyl (C=O) groups excluding carboxylic acids is 1. The minimum atomic E-state index is -0.503. The van der Waals surface area contributed by atoms with Crippen LogP contribution in [0.2, 0.25) is 0 Å². The van der Waals surface area contributed by atoms with Crippen LogP contribution < -0.4 is 10.5 Å². The number of hydrogen-bond acceptors (Lipinski definition) is 7. The van der Waals surface area contributed by atoms with Gasteiger partial charge in [-0.05, 0) is 37.0 Å². The van der Waals surface area contributed by atoms with Crippen molar-refractivity contribution in [2.45, 2.75) is 25.2 Å². The molecule has 1 aromatic carbocycles. The smallest absolute Gasteiger partial charge is 0.339 e. The molecule has 3 aromatic rings. The molecule has 29 heavy (non-hydrogen) atoms. The zero-order valence-corrected chi connectivity index (χ0v) is 15.8. The number of rotatable bonds is 5. The fourth-order valence-corrected chi connectivity index (χ4v) is 3.24. The van der Waals surface area contributed by atoms with Gasteiger partial charge in [0.1, 0.15) is 5.82 Å². The van der Waals surface area contributed by atoms with E-state index in [9.17, 15) is 4.79 Å². The Balaban J connectivity index is 1.68. The van der Waals surface area contributed by atoms with E-state index in [1.54, 1.807) is 18.3 Å². The molecule has 1 saturated carbocycles. The molecule has 0 saturated heterocycles. The number of nitrogen functional groups attached to an aromatic ring is 1. The standard InChI is InChI=1S/C21H19FN4O3/c1-28-21(27)13-5-8-18(26-9-13)29-16-7-6-14(15-10-25-17(23)11-24-15)19(20(16)22)12-3-2-4-12/h5-12H,2-4H2,1H3,(H2,23,25). The van der Waals surface area contributed by atoms with Gasteiger partial charge < -0.3 is 15.2 Å². The first-order valence-corrected chi connectivity index (χ1v) is 9.19. The summed E-state index contributed by atoms with van der Waals surface area (Å²) >= 11 is 0. The van der Waals surface area contributed by atoms with E-state index in [2.05, 4.69) is 19.7 Å². The molecule has 0 spiro atoms. The lowest BCUT2D eigenvalue weighted by atomic mass is 9.77. The Hall–Kier alpha value is -3.55. The largest absolute Gasteiger partial charge is 0.465 e. The quantitative estimate of drug-likeness (QED) is 0.650. The molecule has 2 N–H and O–H groups in total. The average molecular weight is 394 g/mol. The first-order chi connectivity index (χ1) is 14.1. The molecule has 0 amide bonds. The lowest BCUT2D eigenvalue weighted by Gasteiger charge is -2.28. The highest BCUT2D eigenvalue weighted by Crippen LogP contribution is 2.44. The van der Waals surface area contributed by atoms with Gasteiger partial charge in [-0.15, -0.1) is 0 Å². The molecule has 1 aliphatic carbocycles. The zero-order valence-electron chi connectivity index (χ0n) is 15.8. The van der Waals surface area contributed by atoms with Crippen LogP contribution in [-0.2, 0) is 4.74 Å². The summed E-state index contributed by atoms with van der Waals surface area (Å²) in [5, 5.41) is 0. The van der Waals surface area contributed by atoms with Gasteiger partial charge in [0.25, 0.3) is 0 Å². The van der Waals surface area contributed by atoms with Gasteiger partial charge in [0.2, 0.25) is 5.88 Å². The van der Waals surface area contributed by atoms with Gasteiger partial charge in [0.15, 0.2) is 11.6 Å². The number of anilines is 1. The second-order valence-electron chi connectivity index (χ2n) is 6.77. The zero-order chi connectivity index (χ0) is 20.4. The molecule has 7 nitrogen and oxygen atoms in total. The molecule has 0 bridgehead atoms. The highest BCUT2D eigenvalue weighted by Gasteiger charge is 2.28. The van der Waals surface area contributed by atoms with Crippen LogP contribution in [0.4, 0.5) is 10.2 Å². The van der Waals surface area contributed by atoms with Crippen LogP contribution in [0.15, 0.2) is 42.9 Å². The fraction of sp³-hybridized carbons (Fsp3) is 0.238. The van der Waals surface area contributed by atoms with Crippen molar-refractivity contribution in [3.05, 3.63) is 59.8 Å². The predicted octanol–water partition coefficient (Wildman–Crippen LogP) is 4.11. The average Bonchev–Trinajstić information content (AvgIpc) is 2.70. The highest BCUT2D eigenvalue weighted by atomic mass is 19.1. The normalized spacial score (nSPS) is 13.6. The maximum atomic E-state index is 15.4. The molecule has 2 aromatic heterocycles. The van der Waals surface area contributed by atoms with Crippen LogP contribution in [-0.4, -0.2) is 28.0 Å². The number of halogens is 1. The molecule has 4 rings (SSSR count). The van der Waals surface area contributed by atoms with E-state index in [1.165, 1.54) is 31.6 Å². The van der Waals surface area contributed by atoms with Crippen molar-refractivity contribution in [2.75, 3.05) is 12.8 Å². The van der Waals surface area contributed by atoms with Gasteiger partial charge in [0.05, 0.1) is 30.8 Å². The maximum Gasteiger partial charge on any atom is 0.339 e. The first kappa shape index (κ1) is 18.8. The molecule has 0 atom stereocenters. The third-order valence-electron chi connectivity index (χ3n) is 4.98. The summed E-state index contributed by atoms with van der Waals surface area (Å²) in [4.78, 5) is 23.9. The van der Waals surface area contributed by atoms with Crippen molar-refractivity contribution in [3.63, 3.8) is 0 Å². The molecule has 1 fully saturated rings. The third-order valence-corrected chi connectivity index (χ3v) is 4.98. The van der Waals surface area contributed by atoms with Gasteiger partial charge in [-0.25, -0.2) is 19.2 Å². The van der Waals surface area contributed by atoms with E-state index >= 15 is 4.39 Å². The van der Waals surface area contributed by atoms with E-state index in [-0.39, 0.29) is 23.1 Å². The summed E-state index contributed by atoms with van der Waals surface area (Å²) in [6.07, 6.45) is 7.18. The summed E-state index contributed by atoms with van der Waals surface area (Å²) in [6.45, 7) is 0. The fourth-order valence-electron chi connectivity index (χ4n) is 3.24. The number of methoxy groups -OCH3 is 1. The van der Waals surface area contributed by atoms with Gasteiger partial charge in [-0.3, -0.25) is 4.98 Å². The number of benzene rings is 1. The van der Waals surface area contributed by atoms with Gasteiger partial charge in [0, 0.05) is 23.4 Å². The first-order valence-electron chi connectivity index (χ1n) is 9.19. The Kier molecular flexibility index (Phi) is 5.07. The number of esters is 1. The van der Waals surface area contributed by atoms with Crippen molar-refractivity contribution < 1.29 is 18.7 Å². The number of hydrogen-bond donors (Lipinski definition) is 1. The number of ether oxygens (including phenoxy) is 2. The lowest BCUT2D eigenvalue weighted by molar-refractivity contribution is 0.0600. The lowest BCUT2D eigenvalue weighted by Crippen LogP contribution is -2.13. The predicted molar refractivity (Wildman–Crippen MR) is 104 cm³/mol. The molecule has 0 unspecified atom stereocenters. The Morgan fingerprint density at radius 3 is 2.52 bits per heavy atom. The SMILES string of the molecule is COC(=O)c1ccc(Oc2ccc(-c3cnc(N)cn3)c(C3CCC3)c2F)nc1. The molecule has 1 aliphatic rings. The van der Waals surface area contributed by atoms with Crippen molar-refractivity contribution in [3.8, 4) is 22.9 Å². The summed E-state index contributed by atoms with van der Waals surface area (Å²) in [6, 6.07) is 6.32. The van der Waals surface area contributed by atoms with E-state index in [4.69, 9.17) is 10.5 Å². The van der Waals surface area contributed by atoms with Crippen LogP contribution in [0.1, 0.15) is 41.1 Å². The minimum absolute atomic E-state index is 0.0670. The van der Waals surface area contributed by atoms with Crippen molar-refractivity contribution >= 4 is 11.8 Å². The monoisotopic (exact) mass is 394 g/mol. The topological polar surface area (TPSA) is 100 Å². The van der Waals surface area contributed by atoms with Crippen molar-refractivity contribution in [1.82, 2.24) is 15.0 Å². The molecular formula is C21H19FN4O3. The van der Waals surface area contributed by atoms with Gasteiger partial charge in [-0.1, -0.05) is 6.42 Å². The second kappa shape index (κ2) is 7.83. The summed E-state index contributed by atoms with van der Waals surface area (Å²) in [5.41, 5.74) is 7.71. The van der Waals surface area contributed by atoms with E-state index in [0.717, 1.165) is 19.3 Å². The van der Waals surface area contributed by atoms with Gasteiger partial charge >= 0.3 is 5.97 Å².